The summed E-state index contributed by atoms with van der Waals surface area (Å²) < 4.78 is 14.8. The molecule has 0 radical (unpaired) electrons. The summed E-state index contributed by atoms with van der Waals surface area (Å²) in [7, 11) is 0. The quantitative estimate of drug-likeness (QED) is 0.505. The Morgan fingerprint density at radius 2 is 1.68 bits per heavy atom. The predicted octanol–water partition coefficient (Wildman–Crippen LogP) is 4.77. The monoisotopic (exact) mass is 382 g/mol. The van der Waals surface area contributed by atoms with Crippen molar-refractivity contribution in [1.29, 1.82) is 0 Å². The van der Waals surface area contributed by atoms with Gasteiger partial charge in [0.15, 0.2) is 0 Å². The SMILES string of the molecule is CCCOC(=O)c1ccco1.Cc1ccccc1OC(=O)c1ccccc1O. The van der Waals surface area contributed by atoms with Crippen molar-refractivity contribution in [2.24, 2.45) is 0 Å². The molecule has 0 bridgehead atoms. The lowest BCUT2D eigenvalue weighted by atomic mass is 10.2. The van der Waals surface area contributed by atoms with E-state index >= 15 is 0 Å². The Morgan fingerprint density at radius 3 is 2.32 bits per heavy atom. The van der Waals surface area contributed by atoms with Gasteiger partial charge in [0.2, 0.25) is 5.76 Å². The van der Waals surface area contributed by atoms with Crippen molar-refractivity contribution in [2.45, 2.75) is 20.3 Å². The van der Waals surface area contributed by atoms with E-state index in [1.165, 1.54) is 18.4 Å². The number of phenolic OH excluding ortho intramolecular Hbond substituents is 1. The molecule has 0 fully saturated rings. The molecule has 0 saturated heterocycles. The molecule has 0 amide bonds. The zero-order valence-corrected chi connectivity index (χ0v) is 15.8. The largest absolute Gasteiger partial charge is 0.507 e. The highest BCUT2D eigenvalue weighted by Crippen LogP contribution is 2.21. The summed E-state index contributed by atoms with van der Waals surface area (Å²) in [5.74, 6) is -0.264. The molecule has 1 heterocycles. The van der Waals surface area contributed by atoms with E-state index in [2.05, 4.69) is 0 Å². The average Bonchev–Trinajstić information content (AvgIpc) is 3.24. The van der Waals surface area contributed by atoms with Crippen molar-refractivity contribution in [3.63, 3.8) is 0 Å². The summed E-state index contributed by atoms with van der Waals surface area (Å²) in [5.41, 5.74) is 1.03. The van der Waals surface area contributed by atoms with Crippen molar-refractivity contribution in [2.75, 3.05) is 6.61 Å². The second-order valence-electron chi connectivity index (χ2n) is 5.79. The number of hydrogen-bond donors (Lipinski definition) is 1. The van der Waals surface area contributed by atoms with Crippen LogP contribution in [0.5, 0.6) is 11.5 Å². The highest BCUT2D eigenvalue weighted by atomic mass is 16.5. The van der Waals surface area contributed by atoms with Crippen LogP contribution in [0.25, 0.3) is 0 Å². The van der Waals surface area contributed by atoms with Gasteiger partial charge in [-0.25, -0.2) is 9.59 Å². The van der Waals surface area contributed by atoms with Gasteiger partial charge in [-0.1, -0.05) is 37.3 Å². The Bertz CT molecular complexity index is 899. The smallest absolute Gasteiger partial charge is 0.374 e. The molecular formula is C22H22O6. The number of hydrogen-bond acceptors (Lipinski definition) is 6. The minimum Gasteiger partial charge on any atom is -0.507 e. The third-order valence-electron chi connectivity index (χ3n) is 3.58. The second-order valence-corrected chi connectivity index (χ2v) is 5.79. The normalized spacial score (nSPS) is 9.79. The molecule has 0 aliphatic carbocycles. The highest BCUT2D eigenvalue weighted by Gasteiger charge is 2.13. The Hall–Kier alpha value is -3.54. The van der Waals surface area contributed by atoms with Crippen LogP contribution in [0.15, 0.2) is 71.3 Å². The van der Waals surface area contributed by atoms with E-state index in [0.29, 0.717) is 12.4 Å². The first-order chi connectivity index (χ1) is 13.5. The predicted molar refractivity (Wildman–Crippen MR) is 104 cm³/mol. The number of benzene rings is 2. The standard InChI is InChI=1S/C14H12O3.C8H10O3/c1-10-6-2-5-9-13(10)17-14(16)11-7-3-4-8-12(11)15;1-2-5-11-8(9)7-4-3-6-10-7/h2-9,15H,1H3;3-4,6H,2,5H2,1H3. The van der Waals surface area contributed by atoms with Crippen molar-refractivity contribution < 1.29 is 28.6 Å². The van der Waals surface area contributed by atoms with Crippen LogP contribution in [0.3, 0.4) is 0 Å². The molecule has 0 aliphatic heterocycles. The number of phenols is 1. The van der Waals surface area contributed by atoms with Crippen LogP contribution in [0.1, 0.15) is 39.8 Å². The molecule has 0 unspecified atom stereocenters. The third kappa shape index (κ3) is 6.02. The number of aromatic hydroxyl groups is 1. The van der Waals surface area contributed by atoms with Crippen LogP contribution in [-0.2, 0) is 4.74 Å². The number of para-hydroxylation sites is 2. The molecule has 6 heteroatoms. The molecule has 6 nitrogen and oxygen atoms in total. The lowest BCUT2D eigenvalue weighted by molar-refractivity contribution is 0.0468. The first-order valence-electron chi connectivity index (χ1n) is 8.79. The number of carbonyl (C=O) groups excluding carboxylic acids is 2. The molecule has 0 saturated carbocycles. The van der Waals surface area contributed by atoms with E-state index in [4.69, 9.17) is 13.9 Å². The summed E-state index contributed by atoms with van der Waals surface area (Å²) in [5, 5.41) is 9.53. The lowest BCUT2D eigenvalue weighted by Crippen LogP contribution is -2.09. The maximum absolute atomic E-state index is 11.8. The van der Waals surface area contributed by atoms with E-state index in [9.17, 15) is 14.7 Å². The Morgan fingerprint density at radius 1 is 0.964 bits per heavy atom. The molecule has 1 aromatic heterocycles. The molecule has 28 heavy (non-hydrogen) atoms. The van der Waals surface area contributed by atoms with E-state index in [1.54, 1.807) is 36.4 Å². The molecule has 2 aromatic carbocycles. The molecular weight excluding hydrogens is 360 g/mol. The summed E-state index contributed by atoms with van der Waals surface area (Å²) in [6, 6.07) is 16.8. The number of rotatable bonds is 5. The molecule has 1 N–H and O–H groups in total. The Balaban J connectivity index is 0.000000221. The van der Waals surface area contributed by atoms with Gasteiger partial charge in [0, 0.05) is 0 Å². The zero-order chi connectivity index (χ0) is 20.4. The number of aryl methyl sites for hydroxylation is 1. The van der Waals surface area contributed by atoms with Gasteiger partial charge in [0.25, 0.3) is 0 Å². The molecule has 3 aromatic rings. The van der Waals surface area contributed by atoms with Crippen LogP contribution < -0.4 is 4.74 Å². The topological polar surface area (TPSA) is 86.0 Å². The minimum atomic E-state index is -0.558. The van der Waals surface area contributed by atoms with E-state index in [1.807, 2.05) is 26.0 Å². The molecule has 146 valence electrons. The zero-order valence-electron chi connectivity index (χ0n) is 15.8. The highest BCUT2D eigenvalue weighted by molar-refractivity contribution is 5.93. The molecule has 0 aliphatic rings. The Labute approximate surface area is 163 Å². The summed E-state index contributed by atoms with van der Waals surface area (Å²) in [6.45, 7) is 4.24. The van der Waals surface area contributed by atoms with E-state index < -0.39 is 11.9 Å². The van der Waals surface area contributed by atoms with Crippen molar-refractivity contribution >= 4 is 11.9 Å². The third-order valence-corrected chi connectivity index (χ3v) is 3.58. The van der Waals surface area contributed by atoms with Gasteiger partial charge in [-0.3, -0.25) is 0 Å². The first kappa shape index (κ1) is 20.8. The van der Waals surface area contributed by atoms with Gasteiger partial charge in [0.1, 0.15) is 17.1 Å². The van der Waals surface area contributed by atoms with Gasteiger partial charge in [-0.15, -0.1) is 0 Å². The van der Waals surface area contributed by atoms with E-state index in [0.717, 1.165) is 12.0 Å². The van der Waals surface area contributed by atoms with Gasteiger partial charge in [-0.2, -0.15) is 0 Å². The maximum Gasteiger partial charge on any atom is 0.374 e. The molecule has 0 atom stereocenters. The van der Waals surface area contributed by atoms with Crippen LogP contribution in [0.4, 0.5) is 0 Å². The molecule has 3 rings (SSSR count). The first-order valence-corrected chi connectivity index (χ1v) is 8.79. The average molecular weight is 382 g/mol. The fourth-order valence-electron chi connectivity index (χ4n) is 2.13. The van der Waals surface area contributed by atoms with Gasteiger partial charge < -0.3 is 19.0 Å². The van der Waals surface area contributed by atoms with E-state index in [-0.39, 0.29) is 17.1 Å². The fraction of sp³-hybridized carbons (Fsp3) is 0.182. The van der Waals surface area contributed by atoms with Crippen LogP contribution in [0.2, 0.25) is 0 Å². The van der Waals surface area contributed by atoms with Crippen LogP contribution in [-0.4, -0.2) is 23.7 Å². The maximum atomic E-state index is 11.8. The van der Waals surface area contributed by atoms with Crippen molar-refractivity contribution in [3.8, 4) is 11.5 Å². The summed E-state index contributed by atoms with van der Waals surface area (Å²) >= 11 is 0. The van der Waals surface area contributed by atoms with Crippen LogP contribution >= 0.6 is 0 Å². The fourth-order valence-corrected chi connectivity index (χ4v) is 2.13. The summed E-state index contributed by atoms with van der Waals surface area (Å²) in [4.78, 5) is 22.8. The molecule has 0 spiro atoms. The van der Waals surface area contributed by atoms with Gasteiger partial charge >= 0.3 is 11.9 Å². The van der Waals surface area contributed by atoms with Crippen molar-refractivity contribution in [1.82, 2.24) is 0 Å². The number of furan rings is 1. The van der Waals surface area contributed by atoms with Crippen molar-refractivity contribution in [3.05, 3.63) is 83.8 Å². The van der Waals surface area contributed by atoms with Gasteiger partial charge in [0.05, 0.1) is 12.9 Å². The second kappa shape index (κ2) is 10.6. The number of ether oxygens (including phenoxy) is 2. The Kier molecular flexibility index (Phi) is 7.84. The number of carbonyl (C=O) groups is 2. The van der Waals surface area contributed by atoms with Gasteiger partial charge in [-0.05, 0) is 49.2 Å². The lowest BCUT2D eigenvalue weighted by Gasteiger charge is -2.07. The number of esters is 2. The summed E-state index contributed by atoms with van der Waals surface area (Å²) in [6.07, 6.45) is 2.27. The minimum absolute atomic E-state index is 0.0777. The van der Waals surface area contributed by atoms with Crippen LogP contribution in [0, 0.1) is 6.92 Å².